The molecule has 0 atom stereocenters. The summed E-state index contributed by atoms with van der Waals surface area (Å²) >= 11 is 0. The molecule has 0 saturated heterocycles. The summed E-state index contributed by atoms with van der Waals surface area (Å²) in [5.74, 6) is 0. The van der Waals surface area contributed by atoms with Crippen LogP contribution in [-0.4, -0.2) is 15.5 Å². The van der Waals surface area contributed by atoms with Gasteiger partial charge in [0.2, 0.25) is 0 Å². The average molecular weight is 304 g/mol. The van der Waals surface area contributed by atoms with E-state index in [1.165, 1.54) is 0 Å². The fraction of sp³-hybridized carbons (Fsp3) is 0.250. The normalized spacial score (nSPS) is 11.4. The van der Waals surface area contributed by atoms with Crippen LogP contribution in [0.3, 0.4) is 0 Å². The van der Waals surface area contributed by atoms with Gasteiger partial charge in [-0.1, -0.05) is 24.3 Å². The molecule has 4 nitrogen and oxygen atoms in total. The van der Waals surface area contributed by atoms with Gasteiger partial charge in [-0.2, -0.15) is 0 Å². The highest BCUT2D eigenvalue weighted by atomic mass is 32.2. The van der Waals surface area contributed by atoms with Crippen molar-refractivity contribution in [3.63, 3.8) is 0 Å². The molecule has 0 fully saturated rings. The molecule has 112 valence electrons. The Hall–Kier alpha value is -1.85. The van der Waals surface area contributed by atoms with E-state index in [2.05, 4.69) is 10.0 Å². The summed E-state index contributed by atoms with van der Waals surface area (Å²) in [6, 6.07) is 12.8. The van der Waals surface area contributed by atoms with Crippen LogP contribution in [0.1, 0.15) is 16.7 Å². The van der Waals surface area contributed by atoms with Crippen molar-refractivity contribution in [2.24, 2.45) is 0 Å². The maximum absolute atomic E-state index is 12.5. The molecule has 2 aromatic rings. The first-order chi connectivity index (χ1) is 9.92. The van der Waals surface area contributed by atoms with E-state index in [-0.39, 0.29) is 0 Å². The molecule has 2 aromatic carbocycles. The molecule has 0 aromatic heterocycles. The summed E-state index contributed by atoms with van der Waals surface area (Å²) in [4.78, 5) is 0.321. The Morgan fingerprint density at radius 2 is 1.67 bits per heavy atom. The minimum atomic E-state index is -3.56. The predicted molar refractivity (Wildman–Crippen MR) is 85.9 cm³/mol. The van der Waals surface area contributed by atoms with Crippen LogP contribution in [0.25, 0.3) is 0 Å². The number of anilines is 1. The number of aryl methyl sites for hydroxylation is 2. The van der Waals surface area contributed by atoms with Crippen molar-refractivity contribution in [3.8, 4) is 0 Å². The molecule has 5 heteroatoms. The van der Waals surface area contributed by atoms with Crippen molar-refractivity contribution in [2.45, 2.75) is 25.3 Å². The Morgan fingerprint density at radius 3 is 2.29 bits per heavy atom. The third kappa shape index (κ3) is 3.83. The molecule has 2 N–H and O–H groups in total. The highest BCUT2D eigenvalue weighted by Crippen LogP contribution is 2.20. The van der Waals surface area contributed by atoms with Gasteiger partial charge in [-0.3, -0.25) is 4.72 Å². The van der Waals surface area contributed by atoms with Gasteiger partial charge in [0, 0.05) is 12.2 Å². The Morgan fingerprint density at radius 1 is 1.00 bits per heavy atom. The number of hydrogen-bond donors (Lipinski definition) is 2. The van der Waals surface area contributed by atoms with Gasteiger partial charge in [0.05, 0.1) is 4.90 Å². The molecule has 0 unspecified atom stereocenters. The molecule has 21 heavy (non-hydrogen) atoms. The third-order valence-corrected chi connectivity index (χ3v) is 4.74. The zero-order valence-corrected chi connectivity index (χ0v) is 13.3. The van der Waals surface area contributed by atoms with Crippen LogP contribution in [-0.2, 0) is 16.6 Å². The summed E-state index contributed by atoms with van der Waals surface area (Å²) in [6.45, 7) is 4.43. The lowest BCUT2D eigenvalue weighted by atomic mass is 10.2. The SMILES string of the molecule is CNCc1ccc(NS(=O)(=O)c2cc(C)ccc2C)cc1. The molecule has 0 radical (unpaired) electrons. The lowest BCUT2D eigenvalue weighted by Crippen LogP contribution is -2.14. The first-order valence-electron chi connectivity index (χ1n) is 6.76. The fourth-order valence-electron chi connectivity index (χ4n) is 2.10. The first kappa shape index (κ1) is 15.5. The molecule has 0 spiro atoms. The number of sulfonamides is 1. The number of benzene rings is 2. The molecule has 0 aliphatic rings. The Bertz CT molecular complexity index is 722. The molecule has 0 heterocycles. The van der Waals surface area contributed by atoms with E-state index < -0.39 is 10.0 Å². The van der Waals surface area contributed by atoms with Crippen LogP contribution in [0.2, 0.25) is 0 Å². The van der Waals surface area contributed by atoms with Crippen LogP contribution in [0.5, 0.6) is 0 Å². The lowest BCUT2D eigenvalue weighted by Gasteiger charge is -2.11. The highest BCUT2D eigenvalue weighted by molar-refractivity contribution is 7.92. The second-order valence-corrected chi connectivity index (χ2v) is 6.75. The zero-order valence-electron chi connectivity index (χ0n) is 12.5. The van der Waals surface area contributed by atoms with Crippen molar-refractivity contribution in [1.82, 2.24) is 5.32 Å². The van der Waals surface area contributed by atoms with Crippen LogP contribution < -0.4 is 10.0 Å². The van der Waals surface area contributed by atoms with Crippen LogP contribution in [0, 0.1) is 13.8 Å². The maximum atomic E-state index is 12.5. The quantitative estimate of drug-likeness (QED) is 0.893. The van der Waals surface area contributed by atoms with Gasteiger partial charge in [0.1, 0.15) is 0 Å². The van der Waals surface area contributed by atoms with Gasteiger partial charge in [-0.05, 0) is 55.8 Å². The van der Waals surface area contributed by atoms with Crippen molar-refractivity contribution < 1.29 is 8.42 Å². The molecule has 0 aliphatic carbocycles. The second-order valence-electron chi connectivity index (χ2n) is 5.10. The summed E-state index contributed by atoms with van der Waals surface area (Å²) in [6.07, 6.45) is 0. The summed E-state index contributed by atoms with van der Waals surface area (Å²) < 4.78 is 27.5. The summed E-state index contributed by atoms with van der Waals surface area (Å²) in [5.41, 5.74) is 3.33. The number of nitrogens with one attached hydrogen (secondary N) is 2. The fourth-order valence-corrected chi connectivity index (χ4v) is 3.49. The largest absolute Gasteiger partial charge is 0.316 e. The highest BCUT2D eigenvalue weighted by Gasteiger charge is 2.16. The number of hydrogen-bond acceptors (Lipinski definition) is 3. The van der Waals surface area contributed by atoms with E-state index in [1.54, 1.807) is 25.1 Å². The molecule has 2 rings (SSSR count). The summed E-state index contributed by atoms with van der Waals surface area (Å²) in [5, 5.41) is 3.05. The topological polar surface area (TPSA) is 58.2 Å². The Labute approximate surface area is 126 Å². The van der Waals surface area contributed by atoms with Gasteiger partial charge in [-0.25, -0.2) is 8.42 Å². The van der Waals surface area contributed by atoms with E-state index >= 15 is 0 Å². The Kier molecular flexibility index (Phi) is 4.65. The van der Waals surface area contributed by atoms with Crippen LogP contribution in [0.15, 0.2) is 47.4 Å². The third-order valence-electron chi connectivity index (χ3n) is 3.22. The zero-order chi connectivity index (χ0) is 15.5. The van der Waals surface area contributed by atoms with Gasteiger partial charge < -0.3 is 5.32 Å². The van der Waals surface area contributed by atoms with Crippen molar-refractivity contribution in [1.29, 1.82) is 0 Å². The average Bonchev–Trinajstić information content (AvgIpc) is 2.43. The van der Waals surface area contributed by atoms with Gasteiger partial charge in [-0.15, -0.1) is 0 Å². The molecular weight excluding hydrogens is 284 g/mol. The van der Waals surface area contributed by atoms with Crippen molar-refractivity contribution in [3.05, 3.63) is 59.2 Å². The standard InChI is InChI=1S/C16H20N2O2S/c1-12-4-5-13(2)16(10-12)21(19,20)18-15-8-6-14(7-9-15)11-17-3/h4-10,17-18H,11H2,1-3H3. The molecular formula is C16H20N2O2S. The predicted octanol–water partition coefficient (Wildman–Crippen LogP) is 2.82. The van der Waals surface area contributed by atoms with E-state index in [0.717, 1.165) is 23.2 Å². The minimum absolute atomic E-state index is 0.321. The van der Waals surface area contributed by atoms with E-state index in [4.69, 9.17) is 0 Å². The smallest absolute Gasteiger partial charge is 0.262 e. The Balaban J connectivity index is 2.26. The van der Waals surface area contributed by atoms with E-state index in [0.29, 0.717) is 10.6 Å². The maximum Gasteiger partial charge on any atom is 0.262 e. The molecule has 0 amide bonds. The second kappa shape index (κ2) is 6.28. The lowest BCUT2D eigenvalue weighted by molar-refractivity contribution is 0.600. The van der Waals surface area contributed by atoms with Gasteiger partial charge in [0.15, 0.2) is 0 Å². The van der Waals surface area contributed by atoms with Crippen molar-refractivity contribution in [2.75, 3.05) is 11.8 Å². The van der Waals surface area contributed by atoms with E-state index in [9.17, 15) is 8.42 Å². The van der Waals surface area contributed by atoms with E-state index in [1.807, 2.05) is 38.2 Å². The molecule has 0 saturated carbocycles. The van der Waals surface area contributed by atoms with Gasteiger partial charge >= 0.3 is 0 Å². The van der Waals surface area contributed by atoms with Crippen LogP contribution in [0.4, 0.5) is 5.69 Å². The van der Waals surface area contributed by atoms with Gasteiger partial charge in [0.25, 0.3) is 10.0 Å². The minimum Gasteiger partial charge on any atom is -0.316 e. The molecule has 0 bridgehead atoms. The number of rotatable bonds is 5. The first-order valence-corrected chi connectivity index (χ1v) is 8.24. The summed E-state index contributed by atoms with van der Waals surface area (Å²) in [7, 11) is -1.69. The monoisotopic (exact) mass is 304 g/mol. The van der Waals surface area contributed by atoms with Crippen molar-refractivity contribution >= 4 is 15.7 Å². The van der Waals surface area contributed by atoms with Crippen LogP contribution >= 0.6 is 0 Å². The molecule has 0 aliphatic heterocycles.